The molecule has 1 aliphatic heterocycles. The molecule has 1 aromatic carbocycles. The fourth-order valence-corrected chi connectivity index (χ4v) is 2.33. The summed E-state index contributed by atoms with van der Waals surface area (Å²) in [6, 6.07) is 7.54. The fraction of sp³-hybridized carbons (Fsp3) is 0.385. The summed E-state index contributed by atoms with van der Waals surface area (Å²) in [7, 11) is 0. The van der Waals surface area contributed by atoms with Crippen molar-refractivity contribution in [2.45, 2.75) is 18.4 Å². The van der Waals surface area contributed by atoms with Crippen LogP contribution in [0.2, 0.25) is 5.02 Å². The van der Waals surface area contributed by atoms with Gasteiger partial charge in [0, 0.05) is 17.5 Å². The van der Waals surface area contributed by atoms with Gasteiger partial charge in [-0.1, -0.05) is 35.0 Å². The Morgan fingerprint density at radius 3 is 2.89 bits per heavy atom. The average Bonchev–Trinajstić information content (AvgIpc) is 3.01. The summed E-state index contributed by atoms with van der Waals surface area (Å²) in [5.41, 5.74) is 6.90. The van der Waals surface area contributed by atoms with Crippen molar-refractivity contribution in [3.63, 3.8) is 0 Å². The van der Waals surface area contributed by atoms with Crippen molar-refractivity contribution in [3.8, 4) is 0 Å². The van der Waals surface area contributed by atoms with Gasteiger partial charge < -0.3 is 15.0 Å². The van der Waals surface area contributed by atoms with E-state index in [4.69, 9.17) is 26.6 Å². The number of hydrogen-bond donors (Lipinski definition) is 1. The van der Waals surface area contributed by atoms with Crippen LogP contribution in [0, 0.1) is 0 Å². The molecule has 2 unspecified atom stereocenters. The van der Waals surface area contributed by atoms with E-state index in [0.29, 0.717) is 36.4 Å². The zero-order chi connectivity index (χ0) is 13.2. The predicted octanol–water partition coefficient (Wildman–Crippen LogP) is 1.75. The van der Waals surface area contributed by atoms with Crippen LogP contribution in [0.3, 0.4) is 0 Å². The zero-order valence-corrected chi connectivity index (χ0v) is 11.0. The van der Waals surface area contributed by atoms with E-state index in [1.807, 2.05) is 24.3 Å². The molecule has 1 fully saturated rings. The van der Waals surface area contributed by atoms with Crippen LogP contribution in [0.25, 0.3) is 0 Å². The fourth-order valence-electron chi connectivity index (χ4n) is 2.13. The standard InChI is InChI=1S/C13H14ClN3O2/c14-10-4-2-1-3-8(10)5-12-16-13(19-17-12)9-6-18-7-11(9)15/h1-4,9,11H,5-7,15H2. The van der Waals surface area contributed by atoms with Crippen LogP contribution < -0.4 is 5.73 Å². The highest BCUT2D eigenvalue weighted by atomic mass is 35.5. The molecule has 3 rings (SSSR count). The summed E-state index contributed by atoms with van der Waals surface area (Å²) in [6.45, 7) is 1.07. The Kier molecular flexibility index (Phi) is 3.50. The van der Waals surface area contributed by atoms with Crippen molar-refractivity contribution in [3.05, 3.63) is 46.6 Å². The van der Waals surface area contributed by atoms with Crippen LogP contribution >= 0.6 is 11.6 Å². The van der Waals surface area contributed by atoms with Gasteiger partial charge in [0.05, 0.1) is 19.1 Å². The maximum absolute atomic E-state index is 6.11. The van der Waals surface area contributed by atoms with E-state index in [0.717, 1.165) is 5.56 Å². The normalized spacial score (nSPS) is 22.8. The second kappa shape index (κ2) is 5.28. The summed E-state index contributed by atoms with van der Waals surface area (Å²) in [4.78, 5) is 4.38. The highest BCUT2D eigenvalue weighted by Crippen LogP contribution is 2.24. The number of rotatable bonds is 3. The maximum Gasteiger partial charge on any atom is 0.233 e. The number of hydrogen-bond acceptors (Lipinski definition) is 5. The number of halogens is 1. The molecule has 0 spiro atoms. The van der Waals surface area contributed by atoms with Crippen LogP contribution in [-0.2, 0) is 11.2 Å². The van der Waals surface area contributed by atoms with Gasteiger partial charge in [0.1, 0.15) is 0 Å². The van der Waals surface area contributed by atoms with Crippen LogP contribution in [0.5, 0.6) is 0 Å². The lowest BCUT2D eigenvalue weighted by molar-refractivity contribution is 0.187. The SMILES string of the molecule is NC1COCC1c1nc(Cc2ccccc2Cl)no1. The largest absolute Gasteiger partial charge is 0.379 e. The van der Waals surface area contributed by atoms with Crippen LogP contribution in [0.1, 0.15) is 23.2 Å². The lowest BCUT2D eigenvalue weighted by Crippen LogP contribution is -2.27. The summed E-state index contributed by atoms with van der Waals surface area (Å²) in [5, 5.41) is 4.68. The van der Waals surface area contributed by atoms with E-state index in [2.05, 4.69) is 10.1 Å². The van der Waals surface area contributed by atoms with Gasteiger partial charge in [0.15, 0.2) is 5.82 Å². The third-order valence-electron chi connectivity index (χ3n) is 3.23. The van der Waals surface area contributed by atoms with E-state index in [1.165, 1.54) is 0 Å². The third-order valence-corrected chi connectivity index (χ3v) is 3.60. The van der Waals surface area contributed by atoms with Gasteiger partial charge in [0.2, 0.25) is 5.89 Å². The summed E-state index contributed by atoms with van der Waals surface area (Å²) in [5.74, 6) is 1.15. The Bertz CT molecular complexity index is 573. The zero-order valence-electron chi connectivity index (χ0n) is 10.3. The first-order valence-electron chi connectivity index (χ1n) is 6.13. The minimum Gasteiger partial charge on any atom is -0.379 e. The first kappa shape index (κ1) is 12.6. The monoisotopic (exact) mass is 279 g/mol. The lowest BCUT2D eigenvalue weighted by atomic mass is 10.1. The molecule has 2 N–H and O–H groups in total. The van der Waals surface area contributed by atoms with E-state index < -0.39 is 0 Å². The molecule has 1 saturated heterocycles. The Morgan fingerprint density at radius 1 is 1.32 bits per heavy atom. The molecule has 100 valence electrons. The summed E-state index contributed by atoms with van der Waals surface area (Å²) >= 11 is 6.11. The number of ether oxygens (including phenoxy) is 1. The molecule has 1 aliphatic rings. The first-order chi connectivity index (χ1) is 9.24. The van der Waals surface area contributed by atoms with Gasteiger partial charge in [-0.25, -0.2) is 0 Å². The van der Waals surface area contributed by atoms with Gasteiger partial charge in [-0.15, -0.1) is 0 Å². The van der Waals surface area contributed by atoms with Crippen molar-refractivity contribution in [2.24, 2.45) is 5.73 Å². The van der Waals surface area contributed by atoms with E-state index in [9.17, 15) is 0 Å². The van der Waals surface area contributed by atoms with Gasteiger partial charge in [-0.05, 0) is 11.6 Å². The molecule has 0 saturated carbocycles. The minimum atomic E-state index is -0.0754. The van der Waals surface area contributed by atoms with E-state index >= 15 is 0 Å². The maximum atomic E-state index is 6.11. The van der Waals surface area contributed by atoms with Crippen LogP contribution in [-0.4, -0.2) is 29.4 Å². The van der Waals surface area contributed by atoms with Crippen molar-refractivity contribution in [2.75, 3.05) is 13.2 Å². The Labute approximate surface area is 115 Å². The summed E-state index contributed by atoms with van der Waals surface area (Å²) < 4.78 is 10.6. The molecule has 0 bridgehead atoms. The number of nitrogens with zero attached hydrogens (tertiary/aromatic N) is 2. The molecule has 0 aliphatic carbocycles. The van der Waals surface area contributed by atoms with E-state index in [1.54, 1.807) is 0 Å². The average molecular weight is 280 g/mol. The third kappa shape index (κ3) is 2.63. The Morgan fingerprint density at radius 2 is 2.16 bits per heavy atom. The number of aromatic nitrogens is 2. The van der Waals surface area contributed by atoms with Gasteiger partial charge >= 0.3 is 0 Å². The Balaban J connectivity index is 1.77. The van der Waals surface area contributed by atoms with Gasteiger partial charge in [-0.2, -0.15) is 4.98 Å². The molecule has 2 heterocycles. The van der Waals surface area contributed by atoms with E-state index in [-0.39, 0.29) is 12.0 Å². The first-order valence-corrected chi connectivity index (χ1v) is 6.51. The molecule has 6 heteroatoms. The second-order valence-electron chi connectivity index (χ2n) is 4.62. The quantitative estimate of drug-likeness (QED) is 0.926. The highest BCUT2D eigenvalue weighted by Gasteiger charge is 2.31. The molecule has 2 aromatic rings. The summed E-state index contributed by atoms with van der Waals surface area (Å²) in [6.07, 6.45) is 0.548. The molecule has 2 atom stereocenters. The molecule has 19 heavy (non-hydrogen) atoms. The Hall–Kier alpha value is -1.43. The van der Waals surface area contributed by atoms with Crippen LogP contribution in [0.15, 0.2) is 28.8 Å². The topological polar surface area (TPSA) is 74.2 Å². The smallest absolute Gasteiger partial charge is 0.233 e. The van der Waals surface area contributed by atoms with Crippen LogP contribution in [0.4, 0.5) is 0 Å². The number of nitrogens with two attached hydrogens (primary N) is 1. The van der Waals surface area contributed by atoms with Crippen molar-refractivity contribution in [1.82, 2.24) is 10.1 Å². The predicted molar refractivity (Wildman–Crippen MR) is 70.1 cm³/mol. The molecule has 0 radical (unpaired) electrons. The molecular formula is C13H14ClN3O2. The molecule has 0 amide bonds. The second-order valence-corrected chi connectivity index (χ2v) is 5.03. The highest BCUT2D eigenvalue weighted by molar-refractivity contribution is 6.31. The minimum absolute atomic E-state index is 0.00695. The number of benzene rings is 1. The molecular weight excluding hydrogens is 266 g/mol. The molecule has 5 nitrogen and oxygen atoms in total. The lowest BCUT2D eigenvalue weighted by Gasteiger charge is -2.06. The molecule has 1 aromatic heterocycles. The van der Waals surface area contributed by atoms with Crippen molar-refractivity contribution >= 4 is 11.6 Å². The van der Waals surface area contributed by atoms with Gasteiger partial charge in [-0.3, -0.25) is 0 Å². The van der Waals surface area contributed by atoms with Crippen molar-refractivity contribution < 1.29 is 9.26 Å². The van der Waals surface area contributed by atoms with Crippen molar-refractivity contribution in [1.29, 1.82) is 0 Å². The van der Waals surface area contributed by atoms with Gasteiger partial charge in [0.25, 0.3) is 0 Å².